The van der Waals surface area contributed by atoms with E-state index in [1.807, 2.05) is 12.1 Å². The Morgan fingerprint density at radius 2 is 2.00 bits per heavy atom. The molecule has 0 aromatic heterocycles. The third-order valence-corrected chi connectivity index (χ3v) is 3.03. The molecule has 1 aliphatic rings. The summed E-state index contributed by atoms with van der Waals surface area (Å²) in [5, 5.41) is 9.45. The van der Waals surface area contributed by atoms with E-state index in [2.05, 4.69) is 12.1 Å². The molecule has 1 aromatic carbocycles. The van der Waals surface area contributed by atoms with Gasteiger partial charge in [0.25, 0.3) is 0 Å². The summed E-state index contributed by atoms with van der Waals surface area (Å²) in [6.07, 6.45) is 3.05. The van der Waals surface area contributed by atoms with Gasteiger partial charge < -0.3 is 9.84 Å². The Balaban J connectivity index is 1.96. The molecule has 0 radical (unpaired) electrons. The SMILES string of the molecule is COc1ccc(C[C@H]2CC[C@H]2O)cc1. The maximum atomic E-state index is 9.45. The van der Waals surface area contributed by atoms with Crippen LogP contribution in [0.1, 0.15) is 18.4 Å². The van der Waals surface area contributed by atoms with Crippen molar-refractivity contribution in [2.75, 3.05) is 7.11 Å². The lowest BCUT2D eigenvalue weighted by molar-refractivity contribution is 0.0244. The maximum Gasteiger partial charge on any atom is 0.118 e. The molecule has 2 rings (SSSR count). The number of methoxy groups -OCH3 is 1. The van der Waals surface area contributed by atoms with Crippen molar-refractivity contribution in [1.82, 2.24) is 0 Å². The Hall–Kier alpha value is -1.02. The van der Waals surface area contributed by atoms with E-state index in [1.165, 1.54) is 5.56 Å². The predicted molar refractivity (Wildman–Crippen MR) is 55.4 cm³/mol. The molecular formula is C12H16O2. The van der Waals surface area contributed by atoms with Crippen molar-refractivity contribution < 1.29 is 9.84 Å². The Kier molecular flexibility index (Phi) is 2.73. The first-order valence-corrected chi connectivity index (χ1v) is 5.10. The van der Waals surface area contributed by atoms with E-state index in [9.17, 15) is 5.11 Å². The summed E-state index contributed by atoms with van der Waals surface area (Å²) in [6.45, 7) is 0. The molecule has 14 heavy (non-hydrogen) atoms. The van der Waals surface area contributed by atoms with Crippen molar-refractivity contribution in [3.63, 3.8) is 0 Å². The third-order valence-electron chi connectivity index (χ3n) is 3.03. The zero-order valence-corrected chi connectivity index (χ0v) is 8.44. The highest BCUT2D eigenvalue weighted by molar-refractivity contribution is 5.27. The molecule has 1 fully saturated rings. The first kappa shape index (κ1) is 9.53. The van der Waals surface area contributed by atoms with Crippen molar-refractivity contribution >= 4 is 0 Å². The van der Waals surface area contributed by atoms with E-state index in [1.54, 1.807) is 7.11 Å². The molecule has 0 amide bonds. The van der Waals surface area contributed by atoms with E-state index in [0.717, 1.165) is 25.0 Å². The van der Waals surface area contributed by atoms with E-state index < -0.39 is 0 Å². The molecule has 1 saturated carbocycles. The lowest BCUT2D eigenvalue weighted by atomic mass is 9.78. The summed E-state index contributed by atoms with van der Waals surface area (Å²) in [7, 11) is 1.67. The first-order valence-electron chi connectivity index (χ1n) is 5.10. The van der Waals surface area contributed by atoms with Gasteiger partial charge in [-0.1, -0.05) is 12.1 Å². The minimum atomic E-state index is -0.0721. The standard InChI is InChI=1S/C12H16O2/c1-14-11-5-2-9(3-6-11)8-10-4-7-12(10)13/h2-3,5-6,10,12-13H,4,7-8H2,1H3/t10-,12-/m1/s1. The van der Waals surface area contributed by atoms with Crippen LogP contribution < -0.4 is 4.74 Å². The molecule has 0 aliphatic heterocycles. The van der Waals surface area contributed by atoms with Gasteiger partial charge in [-0.15, -0.1) is 0 Å². The van der Waals surface area contributed by atoms with Crippen LogP contribution in [0.4, 0.5) is 0 Å². The number of hydrogen-bond acceptors (Lipinski definition) is 2. The molecule has 76 valence electrons. The lowest BCUT2D eigenvalue weighted by Crippen LogP contribution is -2.32. The van der Waals surface area contributed by atoms with Crippen molar-refractivity contribution in [2.45, 2.75) is 25.4 Å². The van der Waals surface area contributed by atoms with Crippen LogP contribution in [0, 0.1) is 5.92 Å². The van der Waals surface area contributed by atoms with Crippen LogP contribution >= 0.6 is 0 Å². The minimum absolute atomic E-state index is 0.0721. The fraction of sp³-hybridized carbons (Fsp3) is 0.500. The molecule has 2 atom stereocenters. The number of rotatable bonds is 3. The Morgan fingerprint density at radius 1 is 1.29 bits per heavy atom. The van der Waals surface area contributed by atoms with Crippen LogP contribution in [-0.2, 0) is 6.42 Å². The lowest BCUT2D eigenvalue weighted by Gasteiger charge is -2.32. The highest BCUT2D eigenvalue weighted by Gasteiger charge is 2.28. The van der Waals surface area contributed by atoms with Gasteiger partial charge in [-0.3, -0.25) is 0 Å². The Bertz CT molecular complexity index is 292. The van der Waals surface area contributed by atoms with E-state index >= 15 is 0 Å². The first-order chi connectivity index (χ1) is 6.79. The quantitative estimate of drug-likeness (QED) is 0.793. The molecule has 0 heterocycles. The number of benzene rings is 1. The van der Waals surface area contributed by atoms with Gasteiger partial charge in [-0.05, 0) is 42.9 Å². The molecule has 0 unspecified atom stereocenters. The molecule has 2 nitrogen and oxygen atoms in total. The number of aliphatic hydroxyl groups is 1. The van der Waals surface area contributed by atoms with Gasteiger partial charge in [0.05, 0.1) is 13.2 Å². The third kappa shape index (κ3) is 1.90. The highest BCUT2D eigenvalue weighted by Crippen LogP contribution is 2.30. The van der Waals surface area contributed by atoms with Crippen LogP contribution in [0.25, 0.3) is 0 Å². The van der Waals surface area contributed by atoms with E-state index in [4.69, 9.17) is 4.74 Å². The Morgan fingerprint density at radius 3 is 2.43 bits per heavy atom. The van der Waals surface area contributed by atoms with Gasteiger partial charge in [0, 0.05) is 0 Å². The fourth-order valence-corrected chi connectivity index (χ4v) is 1.85. The fourth-order valence-electron chi connectivity index (χ4n) is 1.85. The minimum Gasteiger partial charge on any atom is -0.497 e. The number of aliphatic hydroxyl groups excluding tert-OH is 1. The van der Waals surface area contributed by atoms with Gasteiger partial charge in [-0.2, -0.15) is 0 Å². The molecule has 1 N–H and O–H groups in total. The van der Waals surface area contributed by atoms with Crippen LogP contribution in [0.5, 0.6) is 5.75 Å². The highest BCUT2D eigenvalue weighted by atomic mass is 16.5. The zero-order valence-electron chi connectivity index (χ0n) is 8.44. The second-order valence-electron chi connectivity index (χ2n) is 3.96. The maximum absolute atomic E-state index is 9.45. The van der Waals surface area contributed by atoms with Crippen molar-refractivity contribution in [3.05, 3.63) is 29.8 Å². The molecule has 0 spiro atoms. The summed E-state index contributed by atoms with van der Waals surface area (Å²) >= 11 is 0. The van der Waals surface area contributed by atoms with Crippen molar-refractivity contribution in [1.29, 1.82) is 0 Å². The summed E-state index contributed by atoms with van der Waals surface area (Å²) in [5.74, 6) is 1.37. The summed E-state index contributed by atoms with van der Waals surface area (Å²) in [5.41, 5.74) is 1.29. The van der Waals surface area contributed by atoms with E-state index in [-0.39, 0.29) is 6.10 Å². The molecule has 1 aromatic rings. The van der Waals surface area contributed by atoms with Crippen molar-refractivity contribution in [2.24, 2.45) is 5.92 Å². The van der Waals surface area contributed by atoms with Crippen LogP contribution in [-0.4, -0.2) is 18.3 Å². The topological polar surface area (TPSA) is 29.5 Å². The number of hydrogen-bond donors (Lipinski definition) is 1. The normalized spacial score (nSPS) is 25.6. The van der Waals surface area contributed by atoms with Crippen LogP contribution in [0.2, 0.25) is 0 Å². The average molecular weight is 192 g/mol. The smallest absolute Gasteiger partial charge is 0.118 e. The zero-order chi connectivity index (χ0) is 9.97. The largest absolute Gasteiger partial charge is 0.497 e. The second kappa shape index (κ2) is 4.01. The number of ether oxygens (including phenoxy) is 1. The van der Waals surface area contributed by atoms with Crippen LogP contribution in [0.15, 0.2) is 24.3 Å². The predicted octanol–water partition coefficient (Wildman–Crippen LogP) is 2.01. The summed E-state index contributed by atoms with van der Waals surface area (Å²) in [6, 6.07) is 8.09. The molecule has 0 bridgehead atoms. The van der Waals surface area contributed by atoms with Gasteiger partial charge in [-0.25, -0.2) is 0 Å². The monoisotopic (exact) mass is 192 g/mol. The van der Waals surface area contributed by atoms with Gasteiger partial charge >= 0.3 is 0 Å². The Labute approximate surface area is 84.5 Å². The molecule has 2 heteroatoms. The summed E-state index contributed by atoms with van der Waals surface area (Å²) < 4.78 is 5.09. The van der Waals surface area contributed by atoms with Gasteiger partial charge in [0.15, 0.2) is 0 Å². The second-order valence-corrected chi connectivity index (χ2v) is 3.96. The summed E-state index contributed by atoms with van der Waals surface area (Å²) in [4.78, 5) is 0. The van der Waals surface area contributed by atoms with Crippen molar-refractivity contribution in [3.8, 4) is 5.75 Å². The molecule has 0 saturated heterocycles. The van der Waals surface area contributed by atoms with Crippen LogP contribution in [0.3, 0.4) is 0 Å². The molecular weight excluding hydrogens is 176 g/mol. The van der Waals surface area contributed by atoms with Gasteiger partial charge in [0.1, 0.15) is 5.75 Å². The average Bonchev–Trinajstić information content (AvgIpc) is 2.24. The van der Waals surface area contributed by atoms with Gasteiger partial charge in [0.2, 0.25) is 0 Å². The molecule has 1 aliphatic carbocycles. The van der Waals surface area contributed by atoms with E-state index in [0.29, 0.717) is 5.92 Å².